The maximum absolute atomic E-state index is 12.0. The van der Waals surface area contributed by atoms with Crippen LogP contribution in [0.25, 0.3) is 0 Å². The van der Waals surface area contributed by atoms with Gasteiger partial charge in [-0.3, -0.25) is 14.5 Å². The SMILES string of the molecule is CCCC(CN)N1C(=O)CC(C)(C)C1=O. The molecule has 1 aliphatic rings. The molecule has 0 bridgehead atoms. The minimum Gasteiger partial charge on any atom is -0.328 e. The van der Waals surface area contributed by atoms with Crippen LogP contribution in [0, 0.1) is 5.41 Å². The number of carbonyl (C=O) groups excluding carboxylic acids is 2. The van der Waals surface area contributed by atoms with Gasteiger partial charge in [0.15, 0.2) is 0 Å². The van der Waals surface area contributed by atoms with Crippen molar-refractivity contribution < 1.29 is 9.59 Å². The van der Waals surface area contributed by atoms with Crippen molar-refractivity contribution in [2.45, 2.75) is 46.1 Å². The van der Waals surface area contributed by atoms with Crippen LogP contribution in [0.5, 0.6) is 0 Å². The molecule has 1 rings (SSSR count). The number of likely N-dealkylation sites (tertiary alicyclic amines) is 1. The molecule has 4 heteroatoms. The largest absolute Gasteiger partial charge is 0.328 e. The Morgan fingerprint density at radius 3 is 2.40 bits per heavy atom. The fraction of sp³-hybridized carbons (Fsp3) is 0.818. The van der Waals surface area contributed by atoms with Crippen molar-refractivity contribution in [1.29, 1.82) is 0 Å². The maximum Gasteiger partial charge on any atom is 0.235 e. The molecule has 4 nitrogen and oxygen atoms in total. The van der Waals surface area contributed by atoms with Crippen LogP contribution in [0.15, 0.2) is 0 Å². The monoisotopic (exact) mass is 212 g/mol. The van der Waals surface area contributed by atoms with Gasteiger partial charge in [0.25, 0.3) is 0 Å². The second-order valence-electron chi connectivity index (χ2n) is 4.81. The van der Waals surface area contributed by atoms with Gasteiger partial charge in [0.1, 0.15) is 0 Å². The summed E-state index contributed by atoms with van der Waals surface area (Å²) in [7, 11) is 0. The Kier molecular flexibility index (Phi) is 3.50. The summed E-state index contributed by atoms with van der Waals surface area (Å²) in [6, 6.07) is -0.114. The Morgan fingerprint density at radius 1 is 1.47 bits per heavy atom. The lowest BCUT2D eigenvalue weighted by Gasteiger charge is -2.26. The highest BCUT2D eigenvalue weighted by molar-refractivity contribution is 6.05. The predicted molar refractivity (Wildman–Crippen MR) is 58.0 cm³/mol. The third-order valence-corrected chi connectivity index (χ3v) is 2.92. The Bertz CT molecular complexity index is 274. The molecule has 1 atom stereocenters. The molecule has 0 spiro atoms. The van der Waals surface area contributed by atoms with Gasteiger partial charge in [-0.2, -0.15) is 0 Å². The lowest BCUT2D eigenvalue weighted by molar-refractivity contribution is -0.143. The van der Waals surface area contributed by atoms with E-state index in [1.807, 2.05) is 20.8 Å². The van der Waals surface area contributed by atoms with Crippen LogP contribution in [-0.2, 0) is 9.59 Å². The van der Waals surface area contributed by atoms with Crippen LogP contribution in [-0.4, -0.2) is 29.3 Å². The number of hydrogen-bond donors (Lipinski definition) is 1. The van der Waals surface area contributed by atoms with Crippen molar-refractivity contribution in [2.24, 2.45) is 11.1 Å². The summed E-state index contributed by atoms with van der Waals surface area (Å²) in [6.07, 6.45) is 2.04. The first-order valence-electron chi connectivity index (χ1n) is 5.50. The number of amides is 2. The van der Waals surface area contributed by atoms with Gasteiger partial charge in [-0.15, -0.1) is 0 Å². The predicted octanol–water partition coefficient (Wildman–Crippen LogP) is 0.899. The highest BCUT2D eigenvalue weighted by Gasteiger charge is 2.46. The maximum atomic E-state index is 12.0. The first kappa shape index (κ1) is 12.2. The molecule has 1 fully saturated rings. The zero-order valence-electron chi connectivity index (χ0n) is 9.75. The third kappa shape index (κ3) is 2.20. The van der Waals surface area contributed by atoms with E-state index in [2.05, 4.69) is 0 Å². The van der Waals surface area contributed by atoms with E-state index in [-0.39, 0.29) is 17.9 Å². The van der Waals surface area contributed by atoms with Gasteiger partial charge in [0.05, 0.1) is 11.5 Å². The Labute approximate surface area is 90.8 Å². The van der Waals surface area contributed by atoms with E-state index in [9.17, 15) is 9.59 Å². The number of rotatable bonds is 4. The quantitative estimate of drug-likeness (QED) is 0.704. The first-order chi connectivity index (χ1) is 6.94. The fourth-order valence-electron chi connectivity index (χ4n) is 2.03. The van der Waals surface area contributed by atoms with Crippen molar-refractivity contribution >= 4 is 11.8 Å². The topological polar surface area (TPSA) is 63.4 Å². The number of carbonyl (C=O) groups is 2. The van der Waals surface area contributed by atoms with Crippen molar-refractivity contribution in [2.75, 3.05) is 6.54 Å². The second kappa shape index (κ2) is 4.31. The van der Waals surface area contributed by atoms with E-state index >= 15 is 0 Å². The molecule has 2 amide bonds. The highest BCUT2D eigenvalue weighted by Crippen LogP contribution is 2.33. The molecule has 86 valence electrons. The lowest BCUT2D eigenvalue weighted by Crippen LogP contribution is -2.45. The normalized spacial score (nSPS) is 22.3. The summed E-state index contributed by atoms with van der Waals surface area (Å²) in [5.41, 5.74) is 5.06. The van der Waals surface area contributed by atoms with Gasteiger partial charge < -0.3 is 5.73 Å². The van der Waals surface area contributed by atoms with Crippen LogP contribution >= 0.6 is 0 Å². The van der Waals surface area contributed by atoms with Crippen LogP contribution in [0.3, 0.4) is 0 Å². The average Bonchev–Trinajstić information content (AvgIpc) is 2.34. The zero-order valence-corrected chi connectivity index (χ0v) is 9.75. The van der Waals surface area contributed by atoms with Gasteiger partial charge in [0.2, 0.25) is 11.8 Å². The smallest absolute Gasteiger partial charge is 0.235 e. The molecule has 0 aromatic heterocycles. The Hall–Kier alpha value is -0.900. The molecule has 2 N–H and O–H groups in total. The highest BCUT2D eigenvalue weighted by atomic mass is 16.2. The van der Waals surface area contributed by atoms with Crippen LogP contribution in [0.4, 0.5) is 0 Å². The van der Waals surface area contributed by atoms with Gasteiger partial charge in [-0.1, -0.05) is 27.2 Å². The minimum absolute atomic E-state index is 0.0728. The molecular formula is C11H20N2O2. The number of nitrogens with zero attached hydrogens (tertiary/aromatic N) is 1. The first-order valence-corrected chi connectivity index (χ1v) is 5.50. The molecule has 0 aromatic rings. The molecule has 1 unspecified atom stereocenters. The van der Waals surface area contributed by atoms with Gasteiger partial charge in [-0.25, -0.2) is 0 Å². The second-order valence-corrected chi connectivity index (χ2v) is 4.81. The third-order valence-electron chi connectivity index (χ3n) is 2.92. The van der Waals surface area contributed by atoms with Crippen molar-refractivity contribution in [1.82, 2.24) is 4.90 Å². The zero-order chi connectivity index (χ0) is 11.6. The molecule has 15 heavy (non-hydrogen) atoms. The Morgan fingerprint density at radius 2 is 2.07 bits per heavy atom. The number of imide groups is 1. The van der Waals surface area contributed by atoms with Crippen molar-refractivity contribution in [3.8, 4) is 0 Å². The van der Waals surface area contributed by atoms with E-state index in [0.717, 1.165) is 12.8 Å². The average molecular weight is 212 g/mol. The molecule has 0 aliphatic carbocycles. The summed E-state index contributed by atoms with van der Waals surface area (Å²) in [4.78, 5) is 25.1. The molecule has 1 heterocycles. The van der Waals surface area contributed by atoms with E-state index < -0.39 is 5.41 Å². The van der Waals surface area contributed by atoms with E-state index in [1.165, 1.54) is 4.90 Å². The molecule has 1 aliphatic heterocycles. The summed E-state index contributed by atoms with van der Waals surface area (Å²) in [5.74, 6) is -0.148. The molecule has 0 saturated carbocycles. The standard InChI is InChI=1S/C11H20N2O2/c1-4-5-8(7-12)13-9(14)6-11(2,3)10(13)15/h8H,4-7,12H2,1-3H3. The Balaban J connectivity index is 2.85. The van der Waals surface area contributed by atoms with E-state index in [1.54, 1.807) is 0 Å². The van der Waals surface area contributed by atoms with Crippen LogP contribution in [0.1, 0.15) is 40.0 Å². The van der Waals surface area contributed by atoms with Gasteiger partial charge >= 0.3 is 0 Å². The summed E-state index contributed by atoms with van der Waals surface area (Å²) < 4.78 is 0. The van der Waals surface area contributed by atoms with Gasteiger partial charge in [-0.05, 0) is 6.42 Å². The van der Waals surface area contributed by atoms with Crippen molar-refractivity contribution in [3.63, 3.8) is 0 Å². The minimum atomic E-state index is -0.543. The molecule has 1 saturated heterocycles. The van der Waals surface area contributed by atoms with Crippen molar-refractivity contribution in [3.05, 3.63) is 0 Å². The summed E-state index contributed by atoms with van der Waals surface area (Å²) in [5, 5.41) is 0. The van der Waals surface area contributed by atoms with Gasteiger partial charge in [0, 0.05) is 13.0 Å². The van der Waals surface area contributed by atoms with Crippen LogP contribution < -0.4 is 5.73 Å². The molecule has 0 aromatic carbocycles. The van der Waals surface area contributed by atoms with E-state index in [4.69, 9.17) is 5.73 Å². The summed E-state index contributed by atoms with van der Waals surface area (Å²) in [6.45, 7) is 6.01. The number of nitrogens with two attached hydrogens (primary N) is 1. The van der Waals surface area contributed by atoms with Crippen LogP contribution in [0.2, 0.25) is 0 Å². The van der Waals surface area contributed by atoms with E-state index in [0.29, 0.717) is 13.0 Å². The summed E-state index contributed by atoms with van der Waals surface area (Å²) >= 11 is 0. The fourth-order valence-corrected chi connectivity index (χ4v) is 2.03. The lowest BCUT2D eigenvalue weighted by atomic mass is 9.92. The number of hydrogen-bond acceptors (Lipinski definition) is 3. The molecular weight excluding hydrogens is 192 g/mol. The molecule has 0 radical (unpaired) electrons.